The fraction of sp³-hybridized carbons (Fsp3) is 0.625. The van der Waals surface area contributed by atoms with Crippen molar-refractivity contribution in [1.82, 2.24) is 5.32 Å². The summed E-state index contributed by atoms with van der Waals surface area (Å²) < 4.78 is 4.59. The molecule has 2 rings (SSSR count). The van der Waals surface area contributed by atoms with Crippen LogP contribution in [0.4, 0.5) is 0 Å². The molecule has 1 aliphatic carbocycles. The summed E-state index contributed by atoms with van der Waals surface area (Å²) in [6.07, 6.45) is 6.30. The molecule has 1 aliphatic rings. The number of fused-ring (bicyclic) bond motifs is 1. The summed E-state index contributed by atoms with van der Waals surface area (Å²) in [4.78, 5) is 24.6. The van der Waals surface area contributed by atoms with E-state index in [4.69, 9.17) is 0 Å². The Labute approximate surface area is 129 Å². The van der Waals surface area contributed by atoms with Crippen LogP contribution >= 0.6 is 11.3 Å². The molecule has 0 saturated heterocycles. The first-order chi connectivity index (χ1) is 10.2. The van der Waals surface area contributed by atoms with Crippen molar-refractivity contribution in [3.05, 3.63) is 21.9 Å². The summed E-state index contributed by atoms with van der Waals surface area (Å²) in [6.45, 7) is 0.690. The first kappa shape index (κ1) is 16.0. The van der Waals surface area contributed by atoms with Gasteiger partial charge in [0, 0.05) is 17.8 Å². The van der Waals surface area contributed by atoms with Crippen molar-refractivity contribution >= 4 is 23.2 Å². The van der Waals surface area contributed by atoms with Crippen molar-refractivity contribution in [3.63, 3.8) is 0 Å². The second-order valence-electron chi connectivity index (χ2n) is 5.42. The zero-order valence-electron chi connectivity index (χ0n) is 12.5. The topological polar surface area (TPSA) is 55.4 Å². The van der Waals surface area contributed by atoms with Crippen molar-refractivity contribution in [2.45, 2.75) is 50.9 Å². The van der Waals surface area contributed by atoms with Gasteiger partial charge < -0.3 is 10.1 Å². The fourth-order valence-corrected chi connectivity index (χ4v) is 3.75. The third kappa shape index (κ3) is 4.56. The van der Waals surface area contributed by atoms with Gasteiger partial charge in [-0.15, -0.1) is 11.3 Å². The third-order valence-electron chi connectivity index (χ3n) is 3.95. The summed E-state index contributed by atoms with van der Waals surface area (Å²) in [5, 5.41) is 5.12. The lowest BCUT2D eigenvalue weighted by atomic mass is 9.87. The molecular weight excluding hydrogens is 286 g/mol. The predicted molar refractivity (Wildman–Crippen MR) is 83.5 cm³/mol. The van der Waals surface area contributed by atoms with Crippen molar-refractivity contribution < 1.29 is 14.3 Å². The number of rotatable bonds is 7. The standard InChI is InChI=1S/C16H23NO3S/c1-20-15(18)8-3-2-4-10-17-16(19)13-6-5-7-14-12(13)9-11-21-14/h9,11,13H,2-8,10H2,1H3,(H,17,19). The molecule has 0 aromatic carbocycles. The minimum Gasteiger partial charge on any atom is -0.469 e. The van der Waals surface area contributed by atoms with Crippen LogP contribution in [-0.2, 0) is 20.7 Å². The van der Waals surface area contributed by atoms with E-state index in [9.17, 15) is 9.59 Å². The summed E-state index contributed by atoms with van der Waals surface area (Å²) in [7, 11) is 1.41. The zero-order chi connectivity index (χ0) is 15.1. The summed E-state index contributed by atoms with van der Waals surface area (Å²) >= 11 is 1.76. The molecule has 1 N–H and O–H groups in total. The number of hydrogen-bond acceptors (Lipinski definition) is 4. The molecule has 1 unspecified atom stereocenters. The lowest BCUT2D eigenvalue weighted by Gasteiger charge is -2.21. The molecule has 0 bridgehead atoms. The van der Waals surface area contributed by atoms with Crippen LogP contribution in [0, 0.1) is 0 Å². The molecule has 21 heavy (non-hydrogen) atoms. The Morgan fingerprint density at radius 3 is 3.05 bits per heavy atom. The van der Waals surface area contributed by atoms with E-state index in [-0.39, 0.29) is 17.8 Å². The number of unbranched alkanes of at least 4 members (excludes halogenated alkanes) is 2. The average molecular weight is 309 g/mol. The number of thiophene rings is 1. The van der Waals surface area contributed by atoms with E-state index in [0.29, 0.717) is 13.0 Å². The van der Waals surface area contributed by atoms with Crippen LogP contribution in [0.1, 0.15) is 54.9 Å². The van der Waals surface area contributed by atoms with Gasteiger partial charge in [0.2, 0.25) is 5.91 Å². The van der Waals surface area contributed by atoms with E-state index in [1.165, 1.54) is 17.6 Å². The first-order valence-electron chi connectivity index (χ1n) is 7.63. The first-order valence-corrected chi connectivity index (χ1v) is 8.51. The van der Waals surface area contributed by atoms with Gasteiger partial charge in [0.15, 0.2) is 0 Å². The van der Waals surface area contributed by atoms with Crippen LogP contribution in [-0.4, -0.2) is 25.5 Å². The van der Waals surface area contributed by atoms with E-state index < -0.39 is 0 Å². The molecule has 1 aromatic heterocycles. The van der Waals surface area contributed by atoms with Crippen molar-refractivity contribution in [2.24, 2.45) is 0 Å². The number of amides is 1. The minimum atomic E-state index is -0.161. The highest BCUT2D eigenvalue weighted by Gasteiger charge is 2.26. The monoisotopic (exact) mass is 309 g/mol. The Balaban J connectivity index is 1.66. The molecule has 0 fully saturated rings. The minimum absolute atomic E-state index is 0.0371. The highest BCUT2D eigenvalue weighted by atomic mass is 32.1. The van der Waals surface area contributed by atoms with Crippen LogP contribution in [0.2, 0.25) is 0 Å². The smallest absolute Gasteiger partial charge is 0.305 e. The number of nitrogens with one attached hydrogen (secondary N) is 1. The van der Waals surface area contributed by atoms with Crippen LogP contribution in [0.5, 0.6) is 0 Å². The predicted octanol–water partition coefficient (Wildman–Crippen LogP) is 3.02. The molecule has 5 heteroatoms. The number of carbonyl (C=O) groups excluding carboxylic acids is 2. The van der Waals surface area contributed by atoms with E-state index in [1.54, 1.807) is 11.3 Å². The molecule has 1 aromatic rings. The van der Waals surface area contributed by atoms with Crippen molar-refractivity contribution in [1.29, 1.82) is 0 Å². The molecule has 0 radical (unpaired) electrons. The largest absolute Gasteiger partial charge is 0.469 e. The number of carbonyl (C=O) groups is 2. The van der Waals surface area contributed by atoms with E-state index in [0.717, 1.165) is 38.5 Å². The van der Waals surface area contributed by atoms with E-state index >= 15 is 0 Å². The number of ether oxygens (including phenoxy) is 1. The highest BCUT2D eigenvalue weighted by molar-refractivity contribution is 7.10. The zero-order valence-corrected chi connectivity index (χ0v) is 13.3. The van der Waals surface area contributed by atoms with Gasteiger partial charge in [-0.2, -0.15) is 0 Å². The van der Waals surface area contributed by atoms with Crippen LogP contribution < -0.4 is 5.32 Å². The molecule has 1 amide bonds. The van der Waals surface area contributed by atoms with Gasteiger partial charge in [0.1, 0.15) is 0 Å². The van der Waals surface area contributed by atoms with Gasteiger partial charge in [-0.25, -0.2) is 0 Å². The lowest BCUT2D eigenvalue weighted by molar-refractivity contribution is -0.140. The van der Waals surface area contributed by atoms with E-state index in [2.05, 4.69) is 21.5 Å². The molecule has 116 valence electrons. The fourth-order valence-electron chi connectivity index (χ4n) is 2.77. The Hall–Kier alpha value is -1.36. The van der Waals surface area contributed by atoms with Crippen LogP contribution in [0.3, 0.4) is 0 Å². The normalized spacial score (nSPS) is 17.1. The molecule has 1 atom stereocenters. The second kappa shape index (κ2) is 8.17. The highest BCUT2D eigenvalue weighted by Crippen LogP contribution is 2.34. The molecular formula is C16H23NO3S. The van der Waals surface area contributed by atoms with Crippen LogP contribution in [0.25, 0.3) is 0 Å². The Morgan fingerprint density at radius 1 is 1.38 bits per heavy atom. The van der Waals surface area contributed by atoms with Gasteiger partial charge in [-0.3, -0.25) is 9.59 Å². The molecule has 0 spiro atoms. The quantitative estimate of drug-likeness (QED) is 0.622. The average Bonchev–Trinajstić information content (AvgIpc) is 2.98. The summed E-state index contributed by atoms with van der Waals surface area (Å²) in [5.41, 5.74) is 1.23. The maximum absolute atomic E-state index is 12.3. The maximum atomic E-state index is 12.3. The SMILES string of the molecule is COC(=O)CCCCCNC(=O)C1CCCc2sccc21. The van der Waals surface area contributed by atoms with Crippen molar-refractivity contribution in [2.75, 3.05) is 13.7 Å². The summed E-state index contributed by atoms with van der Waals surface area (Å²) in [6, 6.07) is 2.10. The summed E-state index contributed by atoms with van der Waals surface area (Å²) in [5.74, 6) is 0.0311. The van der Waals surface area contributed by atoms with E-state index in [1.807, 2.05) is 0 Å². The van der Waals surface area contributed by atoms with Gasteiger partial charge in [0.25, 0.3) is 0 Å². The van der Waals surface area contributed by atoms with Gasteiger partial charge in [-0.1, -0.05) is 6.42 Å². The molecule has 0 saturated carbocycles. The number of aryl methyl sites for hydroxylation is 1. The van der Waals surface area contributed by atoms with Crippen LogP contribution in [0.15, 0.2) is 11.4 Å². The van der Waals surface area contributed by atoms with Crippen molar-refractivity contribution in [3.8, 4) is 0 Å². The maximum Gasteiger partial charge on any atom is 0.305 e. The van der Waals surface area contributed by atoms with Gasteiger partial charge in [0.05, 0.1) is 13.0 Å². The van der Waals surface area contributed by atoms with Gasteiger partial charge >= 0.3 is 5.97 Å². The number of esters is 1. The molecule has 1 heterocycles. The second-order valence-corrected chi connectivity index (χ2v) is 6.42. The number of methoxy groups -OCH3 is 1. The molecule has 0 aliphatic heterocycles. The Bertz CT molecular complexity index is 484. The molecule has 4 nitrogen and oxygen atoms in total. The Kier molecular flexibility index (Phi) is 6.23. The third-order valence-corrected chi connectivity index (χ3v) is 4.95. The Morgan fingerprint density at radius 2 is 2.24 bits per heavy atom. The van der Waals surface area contributed by atoms with Gasteiger partial charge in [-0.05, 0) is 49.1 Å². The lowest BCUT2D eigenvalue weighted by Crippen LogP contribution is -2.31. The number of hydrogen-bond donors (Lipinski definition) is 1.